The molecule has 5 unspecified atom stereocenters. The SMILES string of the molecule is CC1C=CC2=CC(O[Si](C)(C)C(C)(C)C)CC(OC(=O)C(C)(C)OCc3ccc(C(F)(F)F)cc3)C2C1CC[C@@H]1C[C@@H](O[Si](C)(C)C(C)(C)C)CC(=O)O1. The third kappa shape index (κ3) is 11.0. The highest BCUT2D eigenvalue weighted by atomic mass is 28.4. The van der Waals surface area contributed by atoms with Gasteiger partial charge in [-0.15, -0.1) is 0 Å². The molecule has 7 nitrogen and oxygen atoms in total. The first-order valence-corrected chi connectivity index (χ1v) is 25.4. The van der Waals surface area contributed by atoms with Gasteiger partial charge in [-0.2, -0.15) is 13.2 Å². The van der Waals surface area contributed by atoms with Crippen LogP contribution in [-0.2, 0) is 45.4 Å². The molecule has 1 fully saturated rings. The molecule has 54 heavy (non-hydrogen) atoms. The van der Waals surface area contributed by atoms with Crippen LogP contribution in [0.4, 0.5) is 13.2 Å². The van der Waals surface area contributed by atoms with Crippen LogP contribution in [0.1, 0.15) is 106 Å². The Kier molecular flexibility index (Phi) is 13.4. The quantitative estimate of drug-likeness (QED) is 0.154. The van der Waals surface area contributed by atoms with Crippen molar-refractivity contribution in [2.75, 3.05) is 0 Å². The van der Waals surface area contributed by atoms with E-state index in [9.17, 15) is 22.8 Å². The summed E-state index contributed by atoms with van der Waals surface area (Å²) in [7, 11) is -4.28. The third-order valence-corrected chi connectivity index (χ3v) is 21.6. The van der Waals surface area contributed by atoms with E-state index in [-0.39, 0.29) is 65.1 Å². The fraction of sp³-hybridized carbons (Fsp3) is 0.714. The molecule has 2 aliphatic carbocycles. The molecule has 0 saturated carbocycles. The lowest BCUT2D eigenvalue weighted by Gasteiger charge is -2.46. The summed E-state index contributed by atoms with van der Waals surface area (Å²) in [5.74, 6) is -0.601. The molecule has 1 aliphatic heterocycles. The number of benzene rings is 1. The Morgan fingerprint density at radius 2 is 1.46 bits per heavy atom. The van der Waals surface area contributed by atoms with Gasteiger partial charge in [-0.05, 0) is 98.1 Å². The van der Waals surface area contributed by atoms with Gasteiger partial charge < -0.3 is 23.1 Å². The van der Waals surface area contributed by atoms with E-state index < -0.39 is 46.0 Å². The molecule has 4 rings (SSSR count). The number of esters is 2. The second-order valence-corrected chi connectivity index (χ2v) is 28.8. The second kappa shape index (κ2) is 16.3. The van der Waals surface area contributed by atoms with Crippen molar-refractivity contribution in [2.45, 2.75) is 173 Å². The number of fused-ring (bicyclic) bond motifs is 1. The minimum absolute atomic E-state index is 0.0221. The van der Waals surface area contributed by atoms with Crippen LogP contribution in [0.5, 0.6) is 0 Å². The second-order valence-electron chi connectivity index (χ2n) is 19.3. The number of alkyl halides is 3. The fourth-order valence-corrected chi connectivity index (χ4v) is 9.72. The third-order valence-electron chi connectivity index (χ3n) is 12.5. The van der Waals surface area contributed by atoms with E-state index in [1.807, 2.05) is 0 Å². The Hall–Kier alpha value is -2.26. The average Bonchev–Trinajstić information content (AvgIpc) is 3.01. The molecule has 3 aliphatic rings. The standard InChI is InChI=1S/C42H65F3O7Si2/c1-27-14-17-29-22-32(51-53(10,11)39(2,3)4)24-35(50-38(47)41(8,9)48-26-28-15-18-30(19-16-28)42(43,44)45)37(29)34(27)21-20-31-23-33(25-36(46)49-31)52-54(12,13)40(5,6)7/h14-19,22,27,31-35,37H,20-21,23-26H2,1-13H3/t27?,31-,32?,33-,34?,35?,37?/m1/s1. The number of hydrogen-bond acceptors (Lipinski definition) is 7. The molecular weight excluding hydrogens is 730 g/mol. The van der Waals surface area contributed by atoms with E-state index >= 15 is 0 Å². The van der Waals surface area contributed by atoms with Gasteiger partial charge >= 0.3 is 18.1 Å². The first kappa shape index (κ1) is 44.5. The maximum atomic E-state index is 14.0. The van der Waals surface area contributed by atoms with Gasteiger partial charge in [0.05, 0.1) is 30.8 Å². The molecule has 0 spiro atoms. The number of allylic oxidation sites excluding steroid dienone is 2. The van der Waals surface area contributed by atoms with Crippen LogP contribution in [-0.4, -0.2) is 58.6 Å². The first-order chi connectivity index (χ1) is 24.6. The predicted molar refractivity (Wildman–Crippen MR) is 211 cm³/mol. The summed E-state index contributed by atoms with van der Waals surface area (Å²) in [6.45, 7) is 27.4. The van der Waals surface area contributed by atoms with Gasteiger partial charge in [-0.3, -0.25) is 4.79 Å². The zero-order valence-electron chi connectivity index (χ0n) is 34.8. The topological polar surface area (TPSA) is 80.3 Å². The van der Waals surface area contributed by atoms with Gasteiger partial charge in [0, 0.05) is 18.8 Å². The van der Waals surface area contributed by atoms with Crippen LogP contribution >= 0.6 is 0 Å². The van der Waals surface area contributed by atoms with Crippen LogP contribution in [0.2, 0.25) is 36.3 Å². The van der Waals surface area contributed by atoms with Crippen LogP contribution in [0, 0.1) is 17.8 Å². The smallest absolute Gasteiger partial charge is 0.416 e. The molecule has 0 radical (unpaired) electrons. The monoisotopic (exact) mass is 794 g/mol. The molecule has 1 aromatic rings. The van der Waals surface area contributed by atoms with Crippen molar-refractivity contribution in [1.29, 1.82) is 0 Å². The van der Waals surface area contributed by atoms with Gasteiger partial charge in [0.25, 0.3) is 0 Å². The van der Waals surface area contributed by atoms with Gasteiger partial charge in [-0.1, -0.05) is 78.8 Å². The van der Waals surface area contributed by atoms with Gasteiger partial charge in [0.2, 0.25) is 0 Å². The summed E-state index contributed by atoms with van der Waals surface area (Å²) in [6, 6.07) is 4.74. The van der Waals surface area contributed by atoms with Crippen molar-refractivity contribution in [3.8, 4) is 0 Å². The zero-order chi connectivity index (χ0) is 40.7. The lowest BCUT2D eigenvalue weighted by atomic mass is 9.66. The van der Waals surface area contributed by atoms with Crippen molar-refractivity contribution < 1.29 is 45.8 Å². The largest absolute Gasteiger partial charge is 0.462 e. The number of cyclic esters (lactones) is 1. The van der Waals surface area contributed by atoms with Crippen molar-refractivity contribution in [3.63, 3.8) is 0 Å². The summed E-state index contributed by atoms with van der Waals surface area (Å²) in [6.07, 6.45) is 3.78. The van der Waals surface area contributed by atoms with Crippen LogP contribution in [0.25, 0.3) is 0 Å². The number of carbonyl (C=O) groups is 2. The Bertz CT molecular complexity index is 1540. The maximum absolute atomic E-state index is 14.0. The Morgan fingerprint density at radius 3 is 2.04 bits per heavy atom. The van der Waals surface area contributed by atoms with Gasteiger partial charge in [0.15, 0.2) is 22.2 Å². The zero-order valence-corrected chi connectivity index (χ0v) is 36.8. The molecule has 1 heterocycles. The lowest BCUT2D eigenvalue weighted by molar-refractivity contribution is -0.180. The van der Waals surface area contributed by atoms with Crippen LogP contribution < -0.4 is 0 Å². The molecule has 304 valence electrons. The van der Waals surface area contributed by atoms with E-state index in [0.717, 1.165) is 24.1 Å². The summed E-state index contributed by atoms with van der Waals surface area (Å²) in [5.41, 5.74) is -0.525. The number of ether oxygens (including phenoxy) is 3. The molecule has 1 aromatic carbocycles. The Labute approximate surface area is 324 Å². The highest BCUT2D eigenvalue weighted by Crippen LogP contribution is 2.47. The number of carbonyl (C=O) groups excluding carboxylic acids is 2. The summed E-state index contributed by atoms with van der Waals surface area (Å²) in [5, 5.41) is 0.00353. The van der Waals surface area contributed by atoms with Gasteiger partial charge in [-0.25, -0.2) is 4.79 Å². The van der Waals surface area contributed by atoms with Gasteiger partial charge in [0.1, 0.15) is 12.2 Å². The number of halogens is 3. The molecule has 1 saturated heterocycles. The Balaban J connectivity index is 1.54. The van der Waals surface area contributed by atoms with E-state index in [4.69, 9.17) is 23.1 Å². The Morgan fingerprint density at radius 1 is 0.870 bits per heavy atom. The van der Waals surface area contributed by atoms with E-state index in [2.05, 4.69) is 92.9 Å². The average molecular weight is 795 g/mol. The summed E-state index contributed by atoms with van der Waals surface area (Å²) in [4.78, 5) is 26.8. The predicted octanol–water partition coefficient (Wildman–Crippen LogP) is 10.9. The van der Waals surface area contributed by atoms with Crippen molar-refractivity contribution in [1.82, 2.24) is 0 Å². The number of hydrogen-bond donors (Lipinski definition) is 0. The van der Waals surface area contributed by atoms with E-state index in [1.54, 1.807) is 13.8 Å². The minimum atomic E-state index is -4.44. The maximum Gasteiger partial charge on any atom is 0.416 e. The van der Waals surface area contributed by atoms with Crippen LogP contribution in [0.3, 0.4) is 0 Å². The van der Waals surface area contributed by atoms with Crippen LogP contribution in [0.15, 0.2) is 48.1 Å². The first-order valence-electron chi connectivity index (χ1n) is 19.6. The van der Waals surface area contributed by atoms with E-state index in [1.165, 1.54) is 12.1 Å². The highest BCUT2D eigenvalue weighted by molar-refractivity contribution is 6.74. The molecule has 0 amide bonds. The van der Waals surface area contributed by atoms with Crippen molar-refractivity contribution in [3.05, 3.63) is 59.2 Å². The molecule has 0 aromatic heterocycles. The lowest BCUT2D eigenvalue weighted by Crippen LogP contribution is -2.50. The molecule has 0 N–H and O–H groups in total. The highest BCUT2D eigenvalue weighted by Gasteiger charge is 2.48. The molecule has 7 atom stereocenters. The van der Waals surface area contributed by atoms with Crippen molar-refractivity contribution >= 4 is 28.6 Å². The summed E-state index contributed by atoms with van der Waals surface area (Å²) < 4.78 is 71.2. The fourth-order valence-electron chi connectivity index (χ4n) is 7.08. The van der Waals surface area contributed by atoms with Crippen molar-refractivity contribution in [2.24, 2.45) is 17.8 Å². The minimum Gasteiger partial charge on any atom is -0.462 e. The summed E-state index contributed by atoms with van der Waals surface area (Å²) >= 11 is 0. The molecule has 0 bridgehead atoms. The molecular formula is C42H65F3O7Si2. The van der Waals surface area contributed by atoms with E-state index in [0.29, 0.717) is 24.8 Å². The molecule has 12 heteroatoms. The number of rotatable bonds is 12. The normalized spacial score (nSPS) is 27.2.